The van der Waals surface area contributed by atoms with Gasteiger partial charge in [-0.3, -0.25) is 0 Å². The minimum atomic E-state index is 0. The van der Waals surface area contributed by atoms with Crippen molar-refractivity contribution in [1.82, 2.24) is 0 Å². The van der Waals surface area contributed by atoms with E-state index in [1.165, 1.54) is 32.1 Å². The van der Waals surface area contributed by atoms with Crippen LogP contribution in [0.1, 0.15) is 46.0 Å². The summed E-state index contributed by atoms with van der Waals surface area (Å²) in [5.74, 6) is 0. The van der Waals surface area contributed by atoms with Crippen molar-refractivity contribution in [3.05, 3.63) is 0 Å². The first-order chi connectivity index (χ1) is 4.31. The van der Waals surface area contributed by atoms with Crippen LogP contribution >= 0.6 is 24.8 Å². The molecule has 0 aliphatic carbocycles. The molecule has 0 rings (SSSR count). The van der Waals surface area contributed by atoms with Gasteiger partial charge in [-0.05, 0) is 12.8 Å². The highest BCUT2D eigenvalue weighted by molar-refractivity contribution is 5.85. The van der Waals surface area contributed by atoms with Gasteiger partial charge in [-0.15, -0.1) is 24.8 Å². The Morgan fingerprint density at radius 1 is 1.00 bits per heavy atom. The quantitative estimate of drug-likeness (QED) is 0.728. The van der Waals surface area contributed by atoms with Crippen molar-refractivity contribution >= 4 is 24.8 Å². The molecule has 3 heteroatoms. The van der Waals surface area contributed by atoms with Gasteiger partial charge >= 0.3 is 0 Å². The summed E-state index contributed by atoms with van der Waals surface area (Å²) in [4.78, 5) is 0. The fourth-order valence-electron chi connectivity index (χ4n) is 0.981. The molecule has 11 heavy (non-hydrogen) atoms. The summed E-state index contributed by atoms with van der Waals surface area (Å²) in [6, 6.07) is 0.468. The second-order valence-electron chi connectivity index (χ2n) is 2.69. The molecule has 0 aliphatic rings. The van der Waals surface area contributed by atoms with Gasteiger partial charge in [0, 0.05) is 6.04 Å². The van der Waals surface area contributed by atoms with Gasteiger partial charge in [-0.1, -0.05) is 33.1 Å². The summed E-state index contributed by atoms with van der Waals surface area (Å²) in [7, 11) is 0. The van der Waals surface area contributed by atoms with Gasteiger partial charge in [-0.2, -0.15) is 0 Å². The van der Waals surface area contributed by atoms with Gasteiger partial charge in [0.2, 0.25) is 0 Å². The van der Waals surface area contributed by atoms with Crippen LogP contribution in [0.15, 0.2) is 0 Å². The minimum absolute atomic E-state index is 0. The lowest BCUT2D eigenvalue weighted by Gasteiger charge is -2.07. The van der Waals surface area contributed by atoms with Crippen LogP contribution in [0.4, 0.5) is 0 Å². The zero-order chi connectivity index (χ0) is 7.11. The first-order valence-corrected chi connectivity index (χ1v) is 4.06. The molecular formula is C8H21Cl2N. The SMILES string of the molecule is CCCCC(N)CCC.Cl.Cl. The molecule has 0 fully saturated rings. The smallest absolute Gasteiger partial charge is 0.00387 e. The van der Waals surface area contributed by atoms with Crippen LogP contribution in [-0.2, 0) is 0 Å². The highest BCUT2D eigenvalue weighted by atomic mass is 35.5. The average Bonchev–Trinajstić information content (AvgIpc) is 1.85. The third-order valence-electron chi connectivity index (χ3n) is 1.59. The summed E-state index contributed by atoms with van der Waals surface area (Å²) >= 11 is 0. The van der Waals surface area contributed by atoms with E-state index < -0.39 is 0 Å². The molecule has 0 aromatic heterocycles. The summed E-state index contributed by atoms with van der Waals surface area (Å²) in [5, 5.41) is 0. The first-order valence-electron chi connectivity index (χ1n) is 4.06. The van der Waals surface area contributed by atoms with E-state index in [1.807, 2.05) is 0 Å². The van der Waals surface area contributed by atoms with E-state index in [1.54, 1.807) is 0 Å². The molecule has 0 saturated heterocycles. The Hall–Kier alpha value is 0.540. The van der Waals surface area contributed by atoms with E-state index in [9.17, 15) is 0 Å². The van der Waals surface area contributed by atoms with Crippen molar-refractivity contribution in [2.24, 2.45) is 5.73 Å². The van der Waals surface area contributed by atoms with Crippen LogP contribution in [0.25, 0.3) is 0 Å². The van der Waals surface area contributed by atoms with Crippen molar-refractivity contribution in [3.63, 3.8) is 0 Å². The Balaban J connectivity index is -0.000000320. The van der Waals surface area contributed by atoms with Crippen LogP contribution < -0.4 is 5.73 Å². The second kappa shape index (κ2) is 13.2. The molecule has 2 N–H and O–H groups in total. The van der Waals surface area contributed by atoms with Crippen molar-refractivity contribution in [3.8, 4) is 0 Å². The summed E-state index contributed by atoms with van der Waals surface area (Å²) < 4.78 is 0. The van der Waals surface area contributed by atoms with Gasteiger partial charge in [0.15, 0.2) is 0 Å². The van der Waals surface area contributed by atoms with Gasteiger partial charge in [0.25, 0.3) is 0 Å². The van der Waals surface area contributed by atoms with Crippen LogP contribution in [0, 0.1) is 0 Å². The Labute approximate surface area is 82.9 Å². The molecule has 0 aliphatic heterocycles. The topological polar surface area (TPSA) is 26.0 Å². The molecule has 72 valence electrons. The van der Waals surface area contributed by atoms with Crippen molar-refractivity contribution in [1.29, 1.82) is 0 Å². The fourth-order valence-corrected chi connectivity index (χ4v) is 0.981. The zero-order valence-electron chi connectivity index (χ0n) is 7.51. The van der Waals surface area contributed by atoms with E-state index in [2.05, 4.69) is 13.8 Å². The molecule has 0 heterocycles. The maximum Gasteiger partial charge on any atom is 0.00387 e. The van der Waals surface area contributed by atoms with E-state index >= 15 is 0 Å². The van der Waals surface area contributed by atoms with Crippen LogP contribution in [0.3, 0.4) is 0 Å². The largest absolute Gasteiger partial charge is 0.328 e. The van der Waals surface area contributed by atoms with Gasteiger partial charge in [0.1, 0.15) is 0 Å². The number of nitrogens with two attached hydrogens (primary N) is 1. The molecule has 0 radical (unpaired) electrons. The van der Waals surface area contributed by atoms with Gasteiger partial charge in [-0.25, -0.2) is 0 Å². The number of halogens is 2. The van der Waals surface area contributed by atoms with E-state index in [4.69, 9.17) is 5.73 Å². The Morgan fingerprint density at radius 3 is 1.91 bits per heavy atom. The lowest BCUT2D eigenvalue weighted by molar-refractivity contribution is 0.535. The van der Waals surface area contributed by atoms with Crippen LogP contribution in [0.5, 0.6) is 0 Å². The summed E-state index contributed by atoms with van der Waals surface area (Å²) in [6.45, 7) is 4.39. The second-order valence-corrected chi connectivity index (χ2v) is 2.69. The standard InChI is InChI=1S/C8H19N.2ClH/c1-3-5-7-8(9)6-4-2;;/h8H,3-7,9H2,1-2H3;2*1H. The summed E-state index contributed by atoms with van der Waals surface area (Å²) in [5.41, 5.74) is 5.77. The molecule has 0 aromatic carbocycles. The maximum atomic E-state index is 5.77. The average molecular weight is 202 g/mol. The van der Waals surface area contributed by atoms with Crippen LogP contribution in [-0.4, -0.2) is 6.04 Å². The highest BCUT2D eigenvalue weighted by Crippen LogP contribution is 2.02. The van der Waals surface area contributed by atoms with Crippen molar-refractivity contribution < 1.29 is 0 Å². The zero-order valence-corrected chi connectivity index (χ0v) is 9.14. The molecular weight excluding hydrogens is 181 g/mol. The predicted molar refractivity (Wildman–Crippen MR) is 56.9 cm³/mol. The molecule has 1 atom stereocenters. The lowest BCUT2D eigenvalue weighted by atomic mass is 10.1. The molecule has 0 aromatic rings. The Morgan fingerprint density at radius 2 is 1.55 bits per heavy atom. The molecule has 1 nitrogen and oxygen atoms in total. The third kappa shape index (κ3) is 13.5. The van der Waals surface area contributed by atoms with E-state index in [0.29, 0.717) is 6.04 Å². The first kappa shape index (κ1) is 17.6. The third-order valence-corrected chi connectivity index (χ3v) is 1.59. The number of hydrogen-bond donors (Lipinski definition) is 1. The Bertz CT molecular complexity index is 60.1. The van der Waals surface area contributed by atoms with E-state index in [0.717, 1.165) is 0 Å². The van der Waals surface area contributed by atoms with Gasteiger partial charge < -0.3 is 5.73 Å². The van der Waals surface area contributed by atoms with Crippen molar-refractivity contribution in [2.75, 3.05) is 0 Å². The van der Waals surface area contributed by atoms with Gasteiger partial charge in [0.05, 0.1) is 0 Å². The molecule has 0 saturated carbocycles. The number of hydrogen-bond acceptors (Lipinski definition) is 1. The lowest BCUT2D eigenvalue weighted by Crippen LogP contribution is -2.18. The molecule has 0 spiro atoms. The fraction of sp³-hybridized carbons (Fsp3) is 1.00. The Kier molecular flexibility index (Phi) is 21.0. The highest BCUT2D eigenvalue weighted by Gasteiger charge is 1.97. The molecule has 1 unspecified atom stereocenters. The number of unbranched alkanes of at least 4 members (excludes halogenated alkanes) is 1. The minimum Gasteiger partial charge on any atom is -0.328 e. The number of rotatable bonds is 5. The molecule has 0 amide bonds. The maximum absolute atomic E-state index is 5.77. The normalized spacial score (nSPS) is 11.2. The molecule has 0 bridgehead atoms. The van der Waals surface area contributed by atoms with E-state index in [-0.39, 0.29) is 24.8 Å². The summed E-state index contributed by atoms with van der Waals surface area (Å²) in [6.07, 6.45) is 6.20. The van der Waals surface area contributed by atoms with Crippen LogP contribution in [0.2, 0.25) is 0 Å². The van der Waals surface area contributed by atoms with Crippen molar-refractivity contribution in [2.45, 2.75) is 52.0 Å². The predicted octanol–water partition coefficient (Wildman–Crippen LogP) is 3.15. The monoisotopic (exact) mass is 201 g/mol.